The number of anilines is 1. The van der Waals surface area contributed by atoms with E-state index in [0.717, 1.165) is 12.2 Å². The van der Waals surface area contributed by atoms with Crippen LogP contribution in [0.5, 0.6) is 0 Å². The first-order chi connectivity index (χ1) is 13.1. The largest absolute Gasteiger partial charge is 0.362 e. The fourth-order valence-electron chi connectivity index (χ4n) is 2.49. The molecular formula is C21H26N4O2. The molecule has 2 rings (SSSR count). The van der Waals surface area contributed by atoms with Crippen molar-refractivity contribution in [3.8, 4) is 0 Å². The molecule has 2 amide bonds. The smallest absolute Gasteiger partial charge is 0.259 e. The van der Waals surface area contributed by atoms with Gasteiger partial charge < -0.3 is 10.2 Å². The molecule has 6 heteroatoms. The standard InChI is InChI=1S/C21H26N4O2/c1-3-18(15-22-21(27)17-11-7-5-8-12-17)23-24-20(26)16-25(4-2)19-13-9-6-10-14-19/h5-14H,3-4,15-16H2,1-2H3,(H,22,27)(H,24,26)/b23-18-. The van der Waals surface area contributed by atoms with Crippen LogP contribution in [-0.2, 0) is 4.79 Å². The highest BCUT2D eigenvalue weighted by molar-refractivity contribution is 5.98. The monoisotopic (exact) mass is 366 g/mol. The first kappa shape index (κ1) is 20.2. The van der Waals surface area contributed by atoms with Crippen molar-refractivity contribution in [2.75, 3.05) is 24.5 Å². The molecule has 2 aromatic carbocycles. The van der Waals surface area contributed by atoms with E-state index in [1.165, 1.54) is 0 Å². The molecule has 6 nitrogen and oxygen atoms in total. The normalized spacial score (nSPS) is 11.0. The van der Waals surface area contributed by atoms with Gasteiger partial charge in [0.05, 0.1) is 18.8 Å². The Morgan fingerprint density at radius 2 is 1.59 bits per heavy atom. The number of rotatable bonds is 9. The van der Waals surface area contributed by atoms with Gasteiger partial charge in [0.15, 0.2) is 0 Å². The predicted octanol–water partition coefficient (Wildman–Crippen LogP) is 2.83. The summed E-state index contributed by atoms with van der Waals surface area (Å²) in [6.45, 7) is 5.16. The second-order valence-corrected chi connectivity index (χ2v) is 5.96. The number of nitrogens with one attached hydrogen (secondary N) is 2. The molecule has 2 N–H and O–H groups in total. The van der Waals surface area contributed by atoms with Crippen LogP contribution in [-0.4, -0.2) is 37.2 Å². The molecule has 0 unspecified atom stereocenters. The van der Waals surface area contributed by atoms with Gasteiger partial charge >= 0.3 is 0 Å². The highest BCUT2D eigenvalue weighted by Crippen LogP contribution is 2.11. The Balaban J connectivity index is 1.86. The van der Waals surface area contributed by atoms with Gasteiger partial charge in [-0.1, -0.05) is 43.3 Å². The van der Waals surface area contributed by atoms with E-state index in [4.69, 9.17) is 0 Å². The summed E-state index contributed by atoms with van der Waals surface area (Å²) in [5.74, 6) is -0.356. The van der Waals surface area contributed by atoms with Crippen LogP contribution >= 0.6 is 0 Å². The second kappa shape index (κ2) is 10.8. The third-order valence-electron chi connectivity index (χ3n) is 4.07. The minimum Gasteiger partial charge on any atom is -0.362 e. The number of amides is 2. The molecule has 0 radical (unpaired) electrons. The van der Waals surface area contributed by atoms with Crippen molar-refractivity contribution in [2.45, 2.75) is 20.3 Å². The summed E-state index contributed by atoms with van der Waals surface area (Å²) in [5.41, 5.74) is 4.88. The number of likely N-dealkylation sites (N-methyl/N-ethyl adjacent to an activating group) is 1. The van der Waals surface area contributed by atoms with Crippen molar-refractivity contribution in [3.05, 3.63) is 66.2 Å². The van der Waals surface area contributed by atoms with Crippen molar-refractivity contribution >= 4 is 23.2 Å². The number of benzene rings is 2. The van der Waals surface area contributed by atoms with Gasteiger partial charge in [-0.25, -0.2) is 5.43 Å². The van der Waals surface area contributed by atoms with Gasteiger partial charge in [-0.05, 0) is 37.6 Å². The molecule has 0 atom stereocenters. The van der Waals surface area contributed by atoms with Crippen LogP contribution in [0.3, 0.4) is 0 Å². The number of nitrogens with zero attached hydrogens (tertiary/aromatic N) is 2. The van der Waals surface area contributed by atoms with Crippen molar-refractivity contribution in [3.63, 3.8) is 0 Å². The van der Waals surface area contributed by atoms with Gasteiger partial charge in [0.1, 0.15) is 0 Å². The molecule has 27 heavy (non-hydrogen) atoms. The Morgan fingerprint density at radius 3 is 2.19 bits per heavy atom. The third-order valence-corrected chi connectivity index (χ3v) is 4.07. The van der Waals surface area contributed by atoms with E-state index in [1.807, 2.05) is 67.3 Å². The Labute approximate surface area is 160 Å². The maximum atomic E-state index is 12.2. The Bertz CT molecular complexity index is 760. The Morgan fingerprint density at radius 1 is 0.963 bits per heavy atom. The molecule has 0 aliphatic carbocycles. The quantitative estimate of drug-likeness (QED) is 0.529. The van der Waals surface area contributed by atoms with Gasteiger partial charge in [-0.3, -0.25) is 9.59 Å². The van der Waals surface area contributed by atoms with Crippen LogP contribution in [0.25, 0.3) is 0 Å². The third kappa shape index (κ3) is 6.58. The molecule has 0 fully saturated rings. The SMILES string of the molecule is CC/C(CNC(=O)c1ccccc1)=N/NC(=O)CN(CC)c1ccccc1. The van der Waals surface area contributed by atoms with E-state index in [2.05, 4.69) is 15.8 Å². The molecule has 0 aliphatic rings. The van der Waals surface area contributed by atoms with Crippen molar-refractivity contribution in [2.24, 2.45) is 5.10 Å². The number of hydrogen-bond acceptors (Lipinski definition) is 4. The highest BCUT2D eigenvalue weighted by atomic mass is 16.2. The summed E-state index contributed by atoms with van der Waals surface area (Å²) in [4.78, 5) is 26.3. The van der Waals surface area contributed by atoms with Crippen LogP contribution in [0, 0.1) is 0 Å². The van der Waals surface area contributed by atoms with Crippen LogP contribution in [0.1, 0.15) is 30.6 Å². The topological polar surface area (TPSA) is 73.8 Å². The van der Waals surface area contributed by atoms with Gasteiger partial charge in [0, 0.05) is 17.8 Å². The van der Waals surface area contributed by atoms with Gasteiger partial charge in [0.25, 0.3) is 11.8 Å². The van der Waals surface area contributed by atoms with E-state index in [1.54, 1.807) is 12.1 Å². The Kier molecular flexibility index (Phi) is 8.03. The molecule has 0 bridgehead atoms. The van der Waals surface area contributed by atoms with E-state index >= 15 is 0 Å². The number of para-hydroxylation sites is 1. The average Bonchev–Trinajstić information content (AvgIpc) is 2.73. The summed E-state index contributed by atoms with van der Waals surface area (Å²) in [6.07, 6.45) is 0.630. The van der Waals surface area contributed by atoms with E-state index in [9.17, 15) is 9.59 Å². The average molecular weight is 366 g/mol. The lowest BCUT2D eigenvalue weighted by molar-refractivity contribution is -0.119. The maximum Gasteiger partial charge on any atom is 0.259 e. The molecule has 0 saturated heterocycles. The molecular weight excluding hydrogens is 340 g/mol. The first-order valence-electron chi connectivity index (χ1n) is 9.11. The van der Waals surface area contributed by atoms with Crippen molar-refractivity contribution < 1.29 is 9.59 Å². The summed E-state index contributed by atoms with van der Waals surface area (Å²) in [7, 11) is 0. The number of carbonyl (C=O) groups is 2. The summed E-state index contributed by atoms with van der Waals surface area (Å²) >= 11 is 0. The zero-order valence-electron chi connectivity index (χ0n) is 15.8. The molecule has 0 aliphatic heterocycles. The fourth-order valence-corrected chi connectivity index (χ4v) is 2.49. The van der Waals surface area contributed by atoms with E-state index in [0.29, 0.717) is 24.2 Å². The molecule has 0 heterocycles. The minimum atomic E-state index is -0.193. The zero-order chi connectivity index (χ0) is 19.5. The van der Waals surface area contributed by atoms with Crippen LogP contribution < -0.4 is 15.6 Å². The fraction of sp³-hybridized carbons (Fsp3) is 0.286. The molecule has 0 saturated carbocycles. The minimum absolute atomic E-state index is 0.163. The van der Waals surface area contributed by atoms with Gasteiger partial charge in [0.2, 0.25) is 0 Å². The number of carbonyl (C=O) groups excluding carboxylic acids is 2. The molecule has 0 spiro atoms. The second-order valence-electron chi connectivity index (χ2n) is 5.96. The zero-order valence-corrected chi connectivity index (χ0v) is 15.8. The maximum absolute atomic E-state index is 12.2. The summed E-state index contributed by atoms with van der Waals surface area (Å²) in [6, 6.07) is 18.8. The Hall–Kier alpha value is -3.15. The lowest BCUT2D eigenvalue weighted by Gasteiger charge is -2.21. The van der Waals surface area contributed by atoms with E-state index < -0.39 is 0 Å². The van der Waals surface area contributed by atoms with Crippen LogP contribution in [0.15, 0.2) is 65.8 Å². The summed E-state index contributed by atoms with van der Waals surface area (Å²) < 4.78 is 0. The molecule has 2 aromatic rings. The lowest BCUT2D eigenvalue weighted by atomic mass is 10.2. The number of hydrogen-bond donors (Lipinski definition) is 2. The van der Waals surface area contributed by atoms with Crippen molar-refractivity contribution in [1.29, 1.82) is 0 Å². The van der Waals surface area contributed by atoms with Crippen molar-refractivity contribution in [1.82, 2.24) is 10.7 Å². The highest BCUT2D eigenvalue weighted by Gasteiger charge is 2.10. The van der Waals surface area contributed by atoms with Gasteiger partial charge in [-0.15, -0.1) is 0 Å². The molecule has 142 valence electrons. The summed E-state index contributed by atoms with van der Waals surface area (Å²) in [5, 5.41) is 6.98. The number of hydrazone groups is 1. The molecule has 0 aromatic heterocycles. The van der Waals surface area contributed by atoms with E-state index in [-0.39, 0.29) is 18.4 Å². The lowest BCUT2D eigenvalue weighted by Crippen LogP contribution is -2.36. The van der Waals surface area contributed by atoms with Crippen LogP contribution in [0.2, 0.25) is 0 Å². The van der Waals surface area contributed by atoms with Gasteiger partial charge in [-0.2, -0.15) is 5.10 Å². The van der Waals surface area contributed by atoms with Crippen LogP contribution in [0.4, 0.5) is 5.69 Å². The predicted molar refractivity (Wildman–Crippen MR) is 109 cm³/mol. The first-order valence-corrected chi connectivity index (χ1v) is 9.11.